The molecule has 0 bridgehead atoms. The fraction of sp³-hybridized carbons (Fsp3) is 0.182. The van der Waals surface area contributed by atoms with Crippen LogP contribution < -0.4 is 10.5 Å². The highest BCUT2D eigenvalue weighted by Gasteiger charge is 2.24. The van der Waals surface area contributed by atoms with E-state index in [4.69, 9.17) is 17.3 Å². The SMILES string of the molecule is Cc1[nH]ncc1CNS(=O)(=O)c1cc(Cl)c(Br)c(N)c1F. The Morgan fingerprint density at radius 2 is 2.24 bits per heavy atom. The number of nitrogens with two attached hydrogens (primary N) is 1. The summed E-state index contributed by atoms with van der Waals surface area (Å²) < 4.78 is 40.8. The number of nitrogen functional groups attached to an aromatic ring is 1. The minimum atomic E-state index is -4.10. The van der Waals surface area contributed by atoms with E-state index < -0.39 is 20.7 Å². The Kier molecular flexibility index (Phi) is 4.57. The van der Waals surface area contributed by atoms with Gasteiger partial charge in [0.25, 0.3) is 0 Å². The molecule has 0 unspecified atom stereocenters. The minimum Gasteiger partial charge on any atom is -0.395 e. The van der Waals surface area contributed by atoms with Gasteiger partial charge in [0.05, 0.1) is 21.4 Å². The van der Waals surface area contributed by atoms with Gasteiger partial charge in [0.2, 0.25) is 10.0 Å². The molecule has 0 amide bonds. The number of hydrogen-bond donors (Lipinski definition) is 3. The average molecular weight is 398 g/mol. The summed E-state index contributed by atoms with van der Waals surface area (Å²) in [5.41, 5.74) is 6.49. The molecule has 1 aromatic carbocycles. The zero-order valence-electron chi connectivity index (χ0n) is 10.7. The van der Waals surface area contributed by atoms with Crippen LogP contribution in [0.25, 0.3) is 0 Å². The van der Waals surface area contributed by atoms with Crippen molar-refractivity contribution >= 4 is 43.2 Å². The van der Waals surface area contributed by atoms with E-state index in [-0.39, 0.29) is 21.7 Å². The van der Waals surface area contributed by atoms with Crippen molar-refractivity contribution in [1.29, 1.82) is 0 Å². The highest BCUT2D eigenvalue weighted by atomic mass is 79.9. The first-order chi connectivity index (χ1) is 9.74. The fourth-order valence-electron chi connectivity index (χ4n) is 1.60. The molecule has 0 saturated carbocycles. The van der Waals surface area contributed by atoms with Gasteiger partial charge in [0.1, 0.15) is 4.90 Å². The van der Waals surface area contributed by atoms with E-state index in [9.17, 15) is 12.8 Å². The van der Waals surface area contributed by atoms with Crippen LogP contribution in [0.5, 0.6) is 0 Å². The molecule has 1 heterocycles. The van der Waals surface area contributed by atoms with E-state index in [1.54, 1.807) is 6.92 Å². The Bertz CT molecular complexity index is 794. The van der Waals surface area contributed by atoms with E-state index >= 15 is 0 Å². The normalized spacial score (nSPS) is 11.8. The molecule has 4 N–H and O–H groups in total. The number of sulfonamides is 1. The first-order valence-electron chi connectivity index (χ1n) is 5.65. The van der Waals surface area contributed by atoms with Gasteiger partial charge in [-0.25, -0.2) is 17.5 Å². The summed E-state index contributed by atoms with van der Waals surface area (Å²) >= 11 is 8.81. The Morgan fingerprint density at radius 1 is 1.57 bits per heavy atom. The molecule has 0 aliphatic heterocycles. The highest BCUT2D eigenvalue weighted by Crippen LogP contribution is 2.34. The van der Waals surface area contributed by atoms with E-state index in [1.165, 1.54) is 6.20 Å². The van der Waals surface area contributed by atoms with Crippen molar-refractivity contribution < 1.29 is 12.8 Å². The number of nitrogens with zero attached hydrogens (tertiary/aromatic N) is 1. The van der Waals surface area contributed by atoms with Crippen molar-refractivity contribution in [2.45, 2.75) is 18.4 Å². The van der Waals surface area contributed by atoms with Gasteiger partial charge in [-0.3, -0.25) is 5.10 Å². The Hall–Kier alpha value is -1.16. The molecule has 114 valence electrons. The summed E-state index contributed by atoms with van der Waals surface area (Å²) in [6.45, 7) is 1.71. The van der Waals surface area contributed by atoms with Crippen LogP contribution in [0, 0.1) is 12.7 Å². The third-order valence-electron chi connectivity index (χ3n) is 2.83. The van der Waals surface area contributed by atoms with Gasteiger partial charge in [0.15, 0.2) is 5.82 Å². The summed E-state index contributed by atoms with van der Waals surface area (Å²) in [5.74, 6) is -1.05. The maximum atomic E-state index is 14.0. The summed E-state index contributed by atoms with van der Waals surface area (Å²) in [6.07, 6.45) is 1.48. The molecular formula is C11H11BrClFN4O2S. The van der Waals surface area contributed by atoms with Crippen LogP contribution in [-0.4, -0.2) is 18.6 Å². The Balaban J connectivity index is 2.34. The first-order valence-corrected chi connectivity index (χ1v) is 8.31. The molecule has 2 aromatic rings. The molecule has 0 aliphatic rings. The minimum absolute atomic E-state index is 0.00812. The van der Waals surface area contributed by atoms with Crippen LogP contribution in [0.15, 0.2) is 21.6 Å². The molecule has 0 radical (unpaired) electrons. The number of aryl methyl sites for hydroxylation is 1. The summed E-state index contributed by atoms with van der Waals surface area (Å²) in [5, 5.41) is 6.45. The van der Waals surface area contributed by atoms with Crippen LogP contribution in [0.3, 0.4) is 0 Å². The second-order valence-electron chi connectivity index (χ2n) is 4.24. The summed E-state index contributed by atoms with van der Waals surface area (Å²) in [7, 11) is -4.10. The number of anilines is 1. The molecule has 0 fully saturated rings. The van der Waals surface area contributed by atoms with Gasteiger partial charge in [-0.1, -0.05) is 11.6 Å². The van der Waals surface area contributed by atoms with Crippen molar-refractivity contribution in [1.82, 2.24) is 14.9 Å². The predicted molar refractivity (Wildman–Crippen MR) is 80.9 cm³/mol. The largest absolute Gasteiger partial charge is 0.395 e. The number of halogens is 3. The third kappa shape index (κ3) is 3.20. The lowest BCUT2D eigenvalue weighted by atomic mass is 10.3. The quantitative estimate of drug-likeness (QED) is 0.544. The number of aromatic amines is 1. The molecular weight excluding hydrogens is 387 g/mol. The molecule has 0 saturated heterocycles. The number of benzene rings is 1. The molecule has 10 heteroatoms. The van der Waals surface area contributed by atoms with Crippen LogP contribution >= 0.6 is 27.5 Å². The molecule has 0 spiro atoms. The van der Waals surface area contributed by atoms with Gasteiger partial charge in [-0.2, -0.15) is 5.10 Å². The summed E-state index contributed by atoms with van der Waals surface area (Å²) in [4.78, 5) is -0.602. The maximum absolute atomic E-state index is 14.0. The number of nitrogens with one attached hydrogen (secondary N) is 2. The summed E-state index contributed by atoms with van der Waals surface area (Å²) in [6, 6.07) is 1.00. The molecule has 6 nitrogen and oxygen atoms in total. The van der Waals surface area contributed by atoms with Crippen molar-refractivity contribution in [3.63, 3.8) is 0 Å². The van der Waals surface area contributed by atoms with Crippen LogP contribution in [0.2, 0.25) is 5.02 Å². The van der Waals surface area contributed by atoms with E-state index in [0.29, 0.717) is 11.3 Å². The van der Waals surface area contributed by atoms with E-state index in [0.717, 1.165) is 6.07 Å². The zero-order chi connectivity index (χ0) is 15.8. The first kappa shape index (κ1) is 16.2. The van der Waals surface area contributed by atoms with Crippen LogP contribution in [0.1, 0.15) is 11.3 Å². The molecule has 1 aromatic heterocycles. The van der Waals surface area contributed by atoms with Gasteiger partial charge < -0.3 is 5.73 Å². The van der Waals surface area contributed by atoms with Gasteiger partial charge >= 0.3 is 0 Å². The van der Waals surface area contributed by atoms with Crippen LogP contribution in [-0.2, 0) is 16.6 Å². The lowest BCUT2D eigenvalue weighted by molar-refractivity contribution is 0.558. The second-order valence-corrected chi connectivity index (χ2v) is 7.18. The standard InChI is InChI=1S/C11H11BrClFN4O2S/c1-5-6(3-16-18-5)4-17-21(19,20)8-2-7(13)9(12)11(15)10(8)14/h2-3,17H,4,15H2,1H3,(H,16,18). The Labute approximate surface area is 134 Å². The van der Waals surface area contributed by atoms with Gasteiger partial charge in [-0.15, -0.1) is 0 Å². The van der Waals surface area contributed by atoms with Crippen molar-refractivity contribution in [2.24, 2.45) is 0 Å². The highest BCUT2D eigenvalue weighted by molar-refractivity contribution is 9.10. The topological polar surface area (TPSA) is 101 Å². The number of hydrogen-bond acceptors (Lipinski definition) is 4. The predicted octanol–water partition coefficient (Wildman–Crippen LogP) is 2.33. The lowest BCUT2D eigenvalue weighted by Crippen LogP contribution is -2.24. The molecule has 21 heavy (non-hydrogen) atoms. The zero-order valence-corrected chi connectivity index (χ0v) is 13.9. The number of rotatable bonds is 4. The van der Waals surface area contributed by atoms with Gasteiger partial charge in [0, 0.05) is 17.8 Å². The van der Waals surface area contributed by atoms with Gasteiger partial charge in [-0.05, 0) is 28.9 Å². The second kappa shape index (κ2) is 5.91. The monoisotopic (exact) mass is 396 g/mol. The van der Waals surface area contributed by atoms with E-state index in [2.05, 4.69) is 30.8 Å². The molecule has 0 aliphatic carbocycles. The molecule has 0 atom stereocenters. The maximum Gasteiger partial charge on any atom is 0.243 e. The lowest BCUT2D eigenvalue weighted by Gasteiger charge is -2.11. The van der Waals surface area contributed by atoms with Crippen LogP contribution in [0.4, 0.5) is 10.1 Å². The third-order valence-corrected chi connectivity index (χ3v) is 5.61. The molecule has 2 rings (SSSR count). The van der Waals surface area contributed by atoms with Crippen molar-refractivity contribution in [3.05, 3.63) is 38.8 Å². The number of H-pyrrole nitrogens is 1. The van der Waals surface area contributed by atoms with Crippen molar-refractivity contribution in [3.8, 4) is 0 Å². The smallest absolute Gasteiger partial charge is 0.243 e. The van der Waals surface area contributed by atoms with Crippen molar-refractivity contribution in [2.75, 3.05) is 5.73 Å². The fourth-order valence-corrected chi connectivity index (χ4v) is 3.28. The van der Waals surface area contributed by atoms with E-state index in [1.807, 2.05) is 0 Å². The number of aromatic nitrogens is 2. The Morgan fingerprint density at radius 3 is 2.81 bits per heavy atom. The average Bonchev–Trinajstić information content (AvgIpc) is 2.83.